The molecule has 4 nitrogen and oxygen atoms in total. The Bertz CT molecular complexity index is 744. The summed E-state index contributed by atoms with van der Waals surface area (Å²) in [7, 11) is 0. The molecule has 22 heavy (non-hydrogen) atoms. The van der Waals surface area contributed by atoms with Gasteiger partial charge < -0.3 is 14.6 Å². The first-order valence-electron chi connectivity index (χ1n) is 6.99. The summed E-state index contributed by atoms with van der Waals surface area (Å²) in [5.41, 5.74) is 3.31. The van der Waals surface area contributed by atoms with Gasteiger partial charge in [-0.05, 0) is 36.2 Å². The van der Waals surface area contributed by atoms with Crippen LogP contribution in [0, 0.1) is 6.92 Å². The first-order valence-corrected chi connectivity index (χ1v) is 6.99. The van der Waals surface area contributed by atoms with Gasteiger partial charge >= 0.3 is 5.97 Å². The van der Waals surface area contributed by atoms with Crippen molar-refractivity contribution in [1.82, 2.24) is 0 Å². The Hall–Kier alpha value is -2.59. The standard InChI is InChI=1S/C18H16O4/c1-11-3-8-15-17(9-11)21-10-16(18(15)20)13-4-6-14(7-5-13)22-12(2)19/h3-10,18,20H,1-2H3/t18-/m1/s1. The van der Waals surface area contributed by atoms with E-state index in [1.165, 1.54) is 6.92 Å². The van der Waals surface area contributed by atoms with E-state index >= 15 is 0 Å². The van der Waals surface area contributed by atoms with E-state index in [1.807, 2.05) is 25.1 Å². The van der Waals surface area contributed by atoms with Crippen molar-refractivity contribution in [3.63, 3.8) is 0 Å². The zero-order chi connectivity index (χ0) is 15.7. The molecule has 0 aliphatic carbocycles. The van der Waals surface area contributed by atoms with Crippen LogP contribution >= 0.6 is 0 Å². The molecule has 2 aromatic carbocycles. The molecule has 1 aliphatic rings. The van der Waals surface area contributed by atoms with E-state index in [-0.39, 0.29) is 5.97 Å². The van der Waals surface area contributed by atoms with Crippen LogP contribution in [-0.4, -0.2) is 11.1 Å². The fourth-order valence-corrected chi connectivity index (χ4v) is 2.44. The fraction of sp³-hybridized carbons (Fsp3) is 0.167. The summed E-state index contributed by atoms with van der Waals surface area (Å²) < 4.78 is 10.6. The van der Waals surface area contributed by atoms with Crippen LogP contribution < -0.4 is 9.47 Å². The van der Waals surface area contributed by atoms with Crippen molar-refractivity contribution in [3.05, 3.63) is 65.4 Å². The molecular formula is C18H16O4. The lowest BCUT2D eigenvalue weighted by atomic mass is 9.93. The summed E-state index contributed by atoms with van der Waals surface area (Å²) in [6, 6.07) is 12.7. The average molecular weight is 296 g/mol. The lowest BCUT2D eigenvalue weighted by Crippen LogP contribution is -2.09. The Morgan fingerprint density at radius 1 is 1.18 bits per heavy atom. The molecule has 0 saturated heterocycles. The topological polar surface area (TPSA) is 55.8 Å². The highest BCUT2D eigenvalue weighted by atomic mass is 16.5. The molecule has 0 unspecified atom stereocenters. The van der Waals surface area contributed by atoms with Crippen molar-refractivity contribution in [1.29, 1.82) is 0 Å². The predicted molar refractivity (Wildman–Crippen MR) is 82.5 cm³/mol. The van der Waals surface area contributed by atoms with Gasteiger partial charge in [0, 0.05) is 18.1 Å². The number of esters is 1. The largest absolute Gasteiger partial charge is 0.464 e. The fourth-order valence-electron chi connectivity index (χ4n) is 2.44. The van der Waals surface area contributed by atoms with Crippen LogP contribution in [0.2, 0.25) is 0 Å². The number of hydrogen-bond acceptors (Lipinski definition) is 4. The number of carbonyl (C=O) groups is 1. The van der Waals surface area contributed by atoms with Gasteiger partial charge in [-0.25, -0.2) is 0 Å². The molecular weight excluding hydrogens is 280 g/mol. The molecule has 112 valence electrons. The molecule has 0 amide bonds. The van der Waals surface area contributed by atoms with Gasteiger partial charge in [0.25, 0.3) is 0 Å². The van der Waals surface area contributed by atoms with Crippen molar-refractivity contribution >= 4 is 11.5 Å². The summed E-state index contributed by atoms with van der Waals surface area (Å²) >= 11 is 0. The van der Waals surface area contributed by atoms with Crippen molar-refractivity contribution < 1.29 is 19.4 Å². The molecule has 0 aromatic heterocycles. The lowest BCUT2D eigenvalue weighted by molar-refractivity contribution is -0.131. The molecule has 3 rings (SSSR count). The Kier molecular flexibility index (Phi) is 3.69. The van der Waals surface area contributed by atoms with Gasteiger partial charge in [-0.1, -0.05) is 24.3 Å². The van der Waals surface area contributed by atoms with Gasteiger partial charge in [0.1, 0.15) is 17.6 Å². The first kappa shape index (κ1) is 14.4. The van der Waals surface area contributed by atoms with E-state index in [9.17, 15) is 9.90 Å². The third-order valence-corrected chi connectivity index (χ3v) is 3.52. The minimum atomic E-state index is -0.746. The Morgan fingerprint density at radius 3 is 2.59 bits per heavy atom. The minimum absolute atomic E-state index is 0.364. The second kappa shape index (κ2) is 5.66. The minimum Gasteiger partial charge on any atom is -0.464 e. The van der Waals surface area contributed by atoms with Crippen LogP contribution in [0.1, 0.15) is 29.7 Å². The SMILES string of the molecule is CC(=O)Oc1ccc(C2=COc3cc(C)ccc3[C@H]2O)cc1. The monoisotopic (exact) mass is 296 g/mol. The Balaban J connectivity index is 1.88. The number of carbonyl (C=O) groups excluding carboxylic acids is 1. The smallest absolute Gasteiger partial charge is 0.308 e. The van der Waals surface area contributed by atoms with Crippen LogP contribution in [-0.2, 0) is 4.79 Å². The van der Waals surface area contributed by atoms with Gasteiger partial charge in [0.15, 0.2) is 0 Å². The lowest BCUT2D eigenvalue weighted by Gasteiger charge is -2.23. The Labute approximate surface area is 128 Å². The summed E-state index contributed by atoms with van der Waals surface area (Å²) in [4.78, 5) is 10.9. The van der Waals surface area contributed by atoms with Crippen LogP contribution in [0.15, 0.2) is 48.7 Å². The van der Waals surface area contributed by atoms with Crippen LogP contribution in [0.3, 0.4) is 0 Å². The molecule has 1 aliphatic heterocycles. The van der Waals surface area contributed by atoms with E-state index in [0.29, 0.717) is 17.1 Å². The molecule has 1 N–H and O–H groups in total. The van der Waals surface area contributed by atoms with Crippen molar-refractivity contribution in [2.24, 2.45) is 0 Å². The molecule has 0 saturated carbocycles. The zero-order valence-electron chi connectivity index (χ0n) is 12.4. The number of hydrogen-bond donors (Lipinski definition) is 1. The number of fused-ring (bicyclic) bond motifs is 1. The summed E-state index contributed by atoms with van der Waals surface area (Å²) in [6.07, 6.45) is 0.816. The van der Waals surface area contributed by atoms with E-state index in [4.69, 9.17) is 9.47 Å². The highest BCUT2D eigenvalue weighted by Gasteiger charge is 2.24. The summed E-state index contributed by atoms with van der Waals surface area (Å²) in [5.74, 6) is 0.782. The average Bonchev–Trinajstić information content (AvgIpc) is 2.48. The highest BCUT2D eigenvalue weighted by Crippen LogP contribution is 2.39. The molecule has 2 aromatic rings. The molecule has 4 heteroatoms. The zero-order valence-corrected chi connectivity index (χ0v) is 12.4. The van der Waals surface area contributed by atoms with Crippen molar-refractivity contribution in [2.75, 3.05) is 0 Å². The van der Waals surface area contributed by atoms with E-state index < -0.39 is 6.10 Å². The second-order valence-electron chi connectivity index (χ2n) is 5.25. The molecule has 0 fully saturated rings. The normalized spacial score (nSPS) is 16.3. The number of rotatable bonds is 2. The maximum Gasteiger partial charge on any atom is 0.308 e. The maximum atomic E-state index is 10.9. The molecule has 0 bridgehead atoms. The third-order valence-electron chi connectivity index (χ3n) is 3.52. The highest BCUT2D eigenvalue weighted by molar-refractivity contribution is 5.74. The first-order chi connectivity index (χ1) is 10.5. The van der Waals surface area contributed by atoms with E-state index in [1.54, 1.807) is 30.5 Å². The quantitative estimate of drug-likeness (QED) is 0.682. The summed E-state index contributed by atoms with van der Waals surface area (Å²) in [6.45, 7) is 3.33. The number of benzene rings is 2. The molecule has 0 spiro atoms. The van der Waals surface area contributed by atoms with Gasteiger partial charge in [0.05, 0.1) is 6.26 Å². The van der Waals surface area contributed by atoms with Gasteiger partial charge in [-0.2, -0.15) is 0 Å². The van der Waals surface area contributed by atoms with E-state index in [2.05, 4.69) is 0 Å². The number of aliphatic hydroxyl groups is 1. The second-order valence-corrected chi connectivity index (χ2v) is 5.25. The summed E-state index contributed by atoms with van der Waals surface area (Å²) in [5, 5.41) is 10.5. The van der Waals surface area contributed by atoms with Gasteiger partial charge in [-0.15, -0.1) is 0 Å². The number of aliphatic hydroxyl groups excluding tert-OH is 1. The van der Waals surface area contributed by atoms with Crippen LogP contribution in [0.5, 0.6) is 11.5 Å². The molecule has 0 radical (unpaired) electrons. The number of aryl methyl sites for hydroxylation is 1. The van der Waals surface area contributed by atoms with Crippen molar-refractivity contribution in [3.8, 4) is 11.5 Å². The van der Waals surface area contributed by atoms with Crippen LogP contribution in [0.4, 0.5) is 0 Å². The Morgan fingerprint density at radius 2 is 1.91 bits per heavy atom. The van der Waals surface area contributed by atoms with Crippen molar-refractivity contribution in [2.45, 2.75) is 20.0 Å². The van der Waals surface area contributed by atoms with Crippen LogP contribution in [0.25, 0.3) is 5.57 Å². The third kappa shape index (κ3) is 2.73. The predicted octanol–water partition coefficient (Wildman–Crippen LogP) is 3.39. The van der Waals surface area contributed by atoms with E-state index in [0.717, 1.165) is 16.7 Å². The van der Waals surface area contributed by atoms with Gasteiger partial charge in [-0.3, -0.25) is 4.79 Å². The molecule has 1 heterocycles. The maximum absolute atomic E-state index is 10.9. The molecule has 1 atom stereocenters. The van der Waals surface area contributed by atoms with Gasteiger partial charge in [0.2, 0.25) is 0 Å². The number of ether oxygens (including phenoxy) is 2.